The van der Waals surface area contributed by atoms with Gasteiger partial charge in [0.05, 0.1) is 17.0 Å². The third-order valence-electron chi connectivity index (χ3n) is 2.63. The number of imidazole rings is 1. The summed E-state index contributed by atoms with van der Waals surface area (Å²) in [5, 5.41) is 10.2. The van der Waals surface area contributed by atoms with Gasteiger partial charge in [-0.25, -0.2) is 4.98 Å². The van der Waals surface area contributed by atoms with E-state index in [-0.39, 0.29) is 0 Å². The number of fused-ring (bicyclic) bond motifs is 5. The van der Waals surface area contributed by atoms with Crippen LogP contribution in [-0.2, 0) is 0 Å². The van der Waals surface area contributed by atoms with Gasteiger partial charge in [-0.1, -0.05) is 0 Å². The molecular weight excluding hydrogens is 152 g/mol. The quantitative estimate of drug-likeness (QED) is 0.556. The molecule has 1 N–H and O–H groups in total. The Bertz CT molecular complexity index is 536. The summed E-state index contributed by atoms with van der Waals surface area (Å²) in [7, 11) is 0. The third-order valence-corrected chi connectivity index (χ3v) is 2.63. The van der Waals surface area contributed by atoms with Crippen molar-refractivity contribution in [2.75, 3.05) is 0 Å². The summed E-state index contributed by atoms with van der Waals surface area (Å²) in [6.45, 7) is 0. The second-order valence-electron chi connectivity index (χ2n) is 3.16. The summed E-state index contributed by atoms with van der Waals surface area (Å²) in [4.78, 5) is 7.38. The number of hydrogen-bond donors (Lipinski definition) is 1. The average Bonchev–Trinajstić information content (AvgIpc) is 2.56. The van der Waals surface area contributed by atoms with Gasteiger partial charge in [-0.15, -0.1) is 10.2 Å². The van der Waals surface area contributed by atoms with Crippen molar-refractivity contribution in [3.8, 4) is 0 Å². The number of nitrogens with one attached hydrogen (secondary N) is 1. The van der Waals surface area contributed by atoms with Crippen LogP contribution < -0.4 is 10.7 Å². The molecule has 2 bridgehead atoms. The molecule has 0 spiro atoms. The van der Waals surface area contributed by atoms with E-state index in [1.807, 2.05) is 0 Å². The van der Waals surface area contributed by atoms with Crippen LogP contribution in [0.5, 0.6) is 0 Å². The normalized spacial score (nSPS) is 21.7. The molecule has 4 heteroatoms. The summed E-state index contributed by atoms with van der Waals surface area (Å²) in [5.74, 6) is 0. The summed E-state index contributed by atoms with van der Waals surface area (Å²) in [5.41, 5.74) is 4.69. The van der Waals surface area contributed by atoms with Crippen LogP contribution in [0.1, 0.15) is 6.42 Å². The van der Waals surface area contributed by atoms with Crippen LogP contribution in [0.2, 0.25) is 0 Å². The molecule has 0 saturated heterocycles. The maximum Gasteiger partial charge on any atom is 0.119 e. The van der Waals surface area contributed by atoms with Gasteiger partial charge in [-0.2, -0.15) is 0 Å². The Morgan fingerprint density at radius 3 is 2.83 bits per heavy atom. The fourth-order valence-corrected chi connectivity index (χ4v) is 2.06. The second-order valence-corrected chi connectivity index (χ2v) is 3.16. The number of rotatable bonds is 0. The van der Waals surface area contributed by atoms with Crippen molar-refractivity contribution in [1.82, 2.24) is 9.97 Å². The lowest BCUT2D eigenvalue weighted by Gasteiger charge is -2.06. The molecule has 0 radical (unpaired) electrons. The first-order valence-corrected chi connectivity index (χ1v) is 3.87. The highest BCUT2D eigenvalue weighted by Crippen LogP contribution is 2.45. The molecular formula is C8H4N4. The van der Waals surface area contributed by atoms with Crippen molar-refractivity contribution in [3.05, 3.63) is 28.4 Å². The molecule has 1 aromatic heterocycles. The highest BCUT2D eigenvalue weighted by atomic mass is 15.2. The van der Waals surface area contributed by atoms with Crippen LogP contribution in [-0.4, -0.2) is 9.97 Å². The lowest BCUT2D eigenvalue weighted by Crippen LogP contribution is -2.27. The minimum atomic E-state index is 0.979. The minimum Gasteiger partial charge on any atom is -0.344 e. The van der Waals surface area contributed by atoms with Gasteiger partial charge in [-0.3, -0.25) is 0 Å². The molecule has 0 atom stereocenters. The molecule has 12 heavy (non-hydrogen) atoms. The van der Waals surface area contributed by atoms with Crippen molar-refractivity contribution in [2.45, 2.75) is 6.42 Å². The van der Waals surface area contributed by atoms with E-state index in [9.17, 15) is 0 Å². The topological polar surface area (TPSA) is 53.4 Å². The number of aromatic nitrogens is 2. The Balaban J connectivity index is 2.36. The van der Waals surface area contributed by atoms with E-state index >= 15 is 0 Å². The largest absolute Gasteiger partial charge is 0.344 e. The third kappa shape index (κ3) is 0.317. The molecule has 1 aromatic rings. The van der Waals surface area contributed by atoms with E-state index in [0.29, 0.717) is 0 Å². The summed E-state index contributed by atoms with van der Waals surface area (Å²) in [6.07, 6.45) is 2.71. The fourth-order valence-electron chi connectivity index (χ4n) is 2.06. The van der Waals surface area contributed by atoms with Gasteiger partial charge >= 0.3 is 0 Å². The van der Waals surface area contributed by atoms with Crippen LogP contribution in [0.25, 0.3) is 11.1 Å². The Labute approximate surface area is 67.0 Å². The zero-order valence-corrected chi connectivity index (χ0v) is 6.13. The molecule has 0 saturated carbocycles. The van der Waals surface area contributed by atoms with Gasteiger partial charge in [0.25, 0.3) is 0 Å². The predicted octanol–water partition coefficient (Wildman–Crippen LogP) is -0.194. The zero-order chi connectivity index (χ0) is 7.71. The first kappa shape index (κ1) is 5.03. The van der Waals surface area contributed by atoms with Gasteiger partial charge in [0, 0.05) is 17.6 Å². The smallest absolute Gasteiger partial charge is 0.119 e. The maximum atomic E-state index is 4.25. The Hall–Kier alpha value is -1.71. The van der Waals surface area contributed by atoms with Crippen LogP contribution in [0, 0.1) is 0 Å². The number of H-pyrrole nitrogens is 1. The monoisotopic (exact) mass is 156 g/mol. The van der Waals surface area contributed by atoms with Crippen molar-refractivity contribution in [2.24, 2.45) is 10.2 Å². The summed E-state index contributed by atoms with van der Waals surface area (Å²) in [6, 6.07) is 0. The van der Waals surface area contributed by atoms with Crippen LogP contribution in [0.15, 0.2) is 27.9 Å². The number of nitrogens with zero attached hydrogens (tertiary/aromatic N) is 3. The van der Waals surface area contributed by atoms with E-state index in [1.54, 1.807) is 6.33 Å². The minimum absolute atomic E-state index is 0.979. The number of aromatic amines is 1. The van der Waals surface area contributed by atoms with Crippen molar-refractivity contribution in [1.29, 1.82) is 0 Å². The summed E-state index contributed by atoms with van der Waals surface area (Å²) >= 11 is 0. The molecule has 3 aliphatic rings. The molecule has 0 unspecified atom stereocenters. The van der Waals surface area contributed by atoms with Crippen molar-refractivity contribution < 1.29 is 0 Å². The second kappa shape index (κ2) is 1.29. The standard InChI is InChI=1S/C8H4N4/c1-3-5-6(10-2-9-5)4(1)8-7(3)11-12-8/h2H,1H2,(H,9,10). The van der Waals surface area contributed by atoms with Crippen molar-refractivity contribution >= 4 is 11.1 Å². The van der Waals surface area contributed by atoms with Gasteiger partial charge in [0.15, 0.2) is 0 Å². The number of hydrogen-bond acceptors (Lipinski definition) is 3. The Morgan fingerprint density at radius 1 is 1.17 bits per heavy atom. The van der Waals surface area contributed by atoms with Crippen LogP contribution in [0.4, 0.5) is 0 Å². The summed E-state index contributed by atoms with van der Waals surface area (Å²) < 4.78 is 0. The molecule has 0 fully saturated rings. The molecule has 4 rings (SSSR count). The highest BCUT2D eigenvalue weighted by molar-refractivity contribution is 5.92. The molecule has 2 heterocycles. The van der Waals surface area contributed by atoms with E-state index in [1.165, 1.54) is 11.1 Å². The van der Waals surface area contributed by atoms with Gasteiger partial charge in [0.2, 0.25) is 0 Å². The maximum absolute atomic E-state index is 4.25. The van der Waals surface area contributed by atoms with E-state index in [4.69, 9.17) is 0 Å². The SMILES string of the molecule is c1nc2c([nH]1)=C1CC=2C2=C1N=N2. The molecule has 2 aliphatic carbocycles. The number of allylic oxidation sites excluding steroid dienone is 2. The zero-order valence-electron chi connectivity index (χ0n) is 6.13. The van der Waals surface area contributed by atoms with E-state index in [2.05, 4.69) is 20.2 Å². The van der Waals surface area contributed by atoms with Gasteiger partial charge in [0.1, 0.15) is 11.4 Å². The molecule has 1 aliphatic heterocycles. The average molecular weight is 156 g/mol. The van der Waals surface area contributed by atoms with E-state index < -0.39 is 0 Å². The molecule has 4 nitrogen and oxygen atoms in total. The Morgan fingerprint density at radius 2 is 2.00 bits per heavy atom. The molecule has 56 valence electrons. The lowest BCUT2D eigenvalue weighted by atomic mass is 10.2. The van der Waals surface area contributed by atoms with Crippen molar-refractivity contribution in [3.63, 3.8) is 0 Å². The van der Waals surface area contributed by atoms with Gasteiger partial charge in [-0.05, 0) is 0 Å². The van der Waals surface area contributed by atoms with E-state index in [0.717, 1.165) is 28.5 Å². The predicted molar refractivity (Wildman–Crippen MR) is 41.2 cm³/mol. The van der Waals surface area contributed by atoms with Crippen LogP contribution >= 0.6 is 0 Å². The fraction of sp³-hybridized carbons (Fsp3) is 0.125. The first-order chi connectivity index (χ1) is 5.95. The highest BCUT2D eigenvalue weighted by Gasteiger charge is 2.36. The Kier molecular flexibility index (Phi) is 0.538. The number of azo groups is 1. The van der Waals surface area contributed by atoms with Gasteiger partial charge < -0.3 is 4.98 Å². The molecule has 0 amide bonds. The molecule has 0 aromatic carbocycles. The first-order valence-electron chi connectivity index (χ1n) is 3.87. The lowest BCUT2D eigenvalue weighted by molar-refractivity contribution is 1.01. The van der Waals surface area contributed by atoms with Crippen LogP contribution in [0.3, 0.4) is 0 Å².